The van der Waals surface area contributed by atoms with Crippen molar-refractivity contribution in [1.82, 2.24) is 0 Å². The van der Waals surface area contributed by atoms with Crippen molar-refractivity contribution in [3.05, 3.63) is 56.5 Å². The van der Waals surface area contributed by atoms with Gasteiger partial charge >= 0.3 is 5.97 Å². The molecule has 0 aromatic heterocycles. The number of para-hydroxylation sites is 1. The van der Waals surface area contributed by atoms with Gasteiger partial charge in [0.15, 0.2) is 0 Å². The molecule has 1 N–H and O–H groups in total. The zero-order valence-corrected chi connectivity index (χ0v) is 16.3. The summed E-state index contributed by atoms with van der Waals surface area (Å²) in [4.78, 5) is 10.7. The SMILES string of the molecule is O=C(O)CCN(c1c(Cl)cccc1Cl)S(=O)(=O)c1cc(Cl)ccc1Cl. The molecule has 0 heterocycles. The van der Waals surface area contributed by atoms with Gasteiger partial charge in [0, 0.05) is 11.6 Å². The first kappa shape index (κ1) is 20.1. The molecule has 0 aliphatic carbocycles. The highest BCUT2D eigenvalue weighted by atomic mass is 35.5. The summed E-state index contributed by atoms with van der Waals surface area (Å²) in [5.74, 6) is -1.18. The number of aliphatic carboxylic acids is 1. The fourth-order valence-corrected chi connectivity index (χ4v) is 5.02. The van der Waals surface area contributed by atoms with Crippen LogP contribution in [0.1, 0.15) is 6.42 Å². The standard InChI is InChI=1S/C15H11Cl4NO4S/c16-9-4-5-10(17)13(8-9)25(23,24)20(7-6-14(21)22)15-11(18)2-1-3-12(15)19/h1-5,8H,6-7H2,(H,21,22). The molecule has 0 saturated carbocycles. The Labute approximate surface area is 164 Å². The first-order chi connectivity index (χ1) is 11.6. The summed E-state index contributed by atoms with van der Waals surface area (Å²) in [5, 5.41) is 9.16. The van der Waals surface area contributed by atoms with Gasteiger partial charge in [-0.05, 0) is 30.3 Å². The van der Waals surface area contributed by atoms with Crippen molar-refractivity contribution in [3.63, 3.8) is 0 Å². The molecule has 134 valence electrons. The van der Waals surface area contributed by atoms with E-state index in [0.29, 0.717) is 0 Å². The highest BCUT2D eigenvalue weighted by molar-refractivity contribution is 7.93. The maximum atomic E-state index is 13.1. The lowest BCUT2D eigenvalue weighted by Gasteiger charge is -2.26. The predicted octanol–water partition coefficient (Wildman–Crippen LogP) is 4.97. The monoisotopic (exact) mass is 441 g/mol. The average Bonchev–Trinajstić information content (AvgIpc) is 2.51. The Morgan fingerprint density at radius 3 is 2.16 bits per heavy atom. The van der Waals surface area contributed by atoms with Gasteiger partial charge in [-0.2, -0.15) is 0 Å². The number of anilines is 1. The van der Waals surface area contributed by atoms with Crippen molar-refractivity contribution in [2.45, 2.75) is 11.3 Å². The summed E-state index contributed by atoms with van der Waals surface area (Å²) in [5.41, 5.74) is -0.0249. The summed E-state index contributed by atoms with van der Waals surface area (Å²) in [6.45, 7) is -0.385. The summed E-state index contributed by atoms with van der Waals surface area (Å²) >= 11 is 24.1. The van der Waals surface area contributed by atoms with E-state index in [4.69, 9.17) is 51.5 Å². The maximum Gasteiger partial charge on any atom is 0.305 e. The molecule has 0 aliphatic heterocycles. The second kappa shape index (κ2) is 8.01. The van der Waals surface area contributed by atoms with Gasteiger partial charge in [0.25, 0.3) is 10.0 Å². The van der Waals surface area contributed by atoms with Crippen LogP contribution in [0.3, 0.4) is 0 Å². The Bertz CT molecular complexity index is 897. The van der Waals surface area contributed by atoms with Crippen LogP contribution in [0.4, 0.5) is 5.69 Å². The largest absolute Gasteiger partial charge is 0.481 e. The molecule has 10 heteroatoms. The lowest BCUT2D eigenvalue weighted by atomic mass is 10.3. The number of benzene rings is 2. The second-order valence-electron chi connectivity index (χ2n) is 4.87. The van der Waals surface area contributed by atoms with Crippen LogP contribution < -0.4 is 4.31 Å². The van der Waals surface area contributed by atoms with E-state index in [-0.39, 0.29) is 37.2 Å². The molecule has 0 fully saturated rings. The first-order valence-corrected chi connectivity index (χ1v) is 9.73. The van der Waals surface area contributed by atoms with Crippen LogP contribution in [-0.2, 0) is 14.8 Å². The van der Waals surface area contributed by atoms with Crippen molar-refractivity contribution < 1.29 is 18.3 Å². The molecule has 0 bridgehead atoms. The smallest absolute Gasteiger partial charge is 0.305 e. The third-order valence-corrected chi connectivity index (χ3v) is 6.30. The number of hydrogen-bond donors (Lipinski definition) is 1. The molecule has 0 unspecified atom stereocenters. The molecule has 0 radical (unpaired) electrons. The maximum absolute atomic E-state index is 13.1. The fraction of sp³-hybridized carbons (Fsp3) is 0.133. The second-order valence-corrected chi connectivity index (χ2v) is 8.35. The highest BCUT2D eigenvalue weighted by Gasteiger charge is 2.30. The Morgan fingerprint density at radius 2 is 1.60 bits per heavy atom. The molecule has 0 spiro atoms. The number of hydrogen-bond acceptors (Lipinski definition) is 3. The van der Waals surface area contributed by atoms with Crippen LogP contribution in [0, 0.1) is 0 Å². The van der Waals surface area contributed by atoms with Gasteiger partial charge in [-0.25, -0.2) is 8.42 Å². The zero-order valence-electron chi connectivity index (χ0n) is 12.4. The van der Waals surface area contributed by atoms with Gasteiger partial charge in [0.05, 0.1) is 27.2 Å². The molecule has 0 atom stereocenters. The molecule has 2 aromatic rings. The first-order valence-electron chi connectivity index (χ1n) is 6.78. The van der Waals surface area contributed by atoms with Gasteiger partial charge in [0.1, 0.15) is 4.90 Å². The van der Waals surface area contributed by atoms with E-state index in [9.17, 15) is 13.2 Å². The number of carbonyl (C=O) groups is 1. The third-order valence-electron chi connectivity index (χ3n) is 3.18. The lowest BCUT2D eigenvalue weighted by molar-refractivity contribution is -0.136. The topological polar surface area (TPSA) is 74.7 Å². The lowest BCUT2D eigenvalue weighted by Crippen LogP contribution is -2.33. The van der Waals surface area contributed by atoms with Gasteiger partial charge in [-0.15, -0.1) is 0 Å². The van der Waals surface area contributed by atoms with E-state index >= 15 is 0 Å². The van der Waals surface area contributed by atoms with E-state index in [0.717, 1.165) is 4.31 Å². The molecule has 2 aromatic carbocycles. The van der Waals surface area contributed by atoms with Crippen molar-refractivity contribution in [1.29, 1.82) is 0 Å². The molecule has 0 aliphatic rings. The number of nitrogens with zero attached hydrogens (tertiary/aromatic N) is 1. The fourth-order valence-electron chi connectivity index (χ4n) is 2.07. The van der Waals surface area contributed by atoms with Gasteiger partial charge in [-0.3, -0.25) is 9.10 Å². The van der Waals surface area contributed by atoms with Gasteiger partial charge < -0.3 is 5.11 Å². The summed E-state index contributed by atoms with van der Waals surface area (Å²) < 4.78 is 27.0. The Morgan fingerprint density at radius 1 is 1.00 bits per heavy atom. The molecule has 0 amide bonds. The number of carboxylic acid groups (broad SMARTS) is 1. The molecular formula is C15H11Cl4NO4S. The normalized spacial score (nSPS) is 11.4. The number of sulfonamides is 1. The van der Waals surface area contributed by atoms with Crippen LogP contribution in [0.5, 0.6) is 0 Å². The van der Waals surface area contributed by atoms with E-state index in [1.165, 1.54) is 30.3 Å². The number of carboxylic acids is 1. The third kappa shape index (κ3) is 4.51. The van der Waals surface area contributed by atoms with E-state index < -0.39 is 22.4 Å². The molecule has 5 nitrogen and oxygen atoms in total. The average molecular weight is 443 g/mol. The van der Waals surface area contributed by atoms with Crippen molar-refractivity contribution in [3.8, 4) is 0 Å². The van der Waals surface area contributed by atoms with Crippen molar-refractivity contribution in [2.75, 3.05) is 10.8 Å². The highest BCUT2D eigenvalue weighted by Crippen LogP contribution is 2.38. The minimum atomic E-state index is -4.26. The quantitative estimate of drug-likeness (QED) is 0.685. The number of halogens is 4. The minimum Gasteiger partial charge on any atom is -0.481 e. The van der Waals surface area contributed by atoms with Gasteiger partial charge in [-0.1, -0.05) is 52.5 Å². The molecule has 2 rings (SSSR count). The Hall–Kier alpha value is -1.18. The van der Waals surface area contributed by atoms with Crippen LogP contribution in [0.2, 0.25) is 20.1 Å². The molecule has 0 saturated heterocycles. The zero-order chi connectivity index (χ0) is 18.8. The van der Waals surface area contributed by atoms with Crippen molar-refractivity contribution in [2.24, 2.45) is 0 Å². The number of rotatable bonds is 6. The van der Waals surface area contributed by atoms with Crippen LogP contribution in [-0.4, -0.2) is 26.0 Å². The summed E-state index contributed by atoms with van der Waals surface area (Å²) in [6, 6.07) is 8.39. The van der Waals surface area contributed by atoms with Crippen LogP contribution in [0.25, 0.3) is 0 Å². The van der Waals surface area contributed by atoms with Crippen molar-refractivity contribution >= 4 is 68.1 Å². The summed E-state index contributed by atoms with van der Waals surface area (Å²) in [7, 11) is -4.26. The van der Waals surface area contributed by atoms with E-state index in [1.54, 1.807) is 6.07 Å². The minimum absolute atomic E-state index is 0.0249. The molecule has 25 heavy (non-hydrogen) atoms. The van der Waals surface area contributed by atoms with E-state index in [2.05, 4.69) is 0 Å². The van der Waals surface area contributed by atoms with Gasteiger partial charge in [0.2, 0.25) is 0 Å². The molecular weight excluding hydrogens is 432 g/mol. The summed E-state index contributed by atoms with van der Waals surface area (Å²) in [6.07, 6.45) is -0.459. The van der Waals surface area contributed by atoms with E-state index in [1.807, 2.05) is 0 Å². The Kier molecular flexibility index (Phi) is 6.45. The van der Waals surface area contributed by atoms with Crippen LogP contribution >= 0.6 is 46.4 Å². The Balaban J connectivity index is 2.66. The van der Waals surface area contributed by atoms with Crippen LogP contribution in [0.15, 0.2) is 41.3 Å². The predicted molar refractivity (Wildman–Crippen MR) is 99.7 cm³/mol.